The van der Waals surface area contributed by atoms with E-state index in [1.165, 1.54) is 34.0 Å². The van der Waals surface area contributed by atoms with Gasteiger partial charge in [0.2, 0.25) is 0 Å². The Labute approximate surface area is 185 Å². The van der Waals surface area contributed by atoms with Crippen LogP contribution in [-0.2, 0) is 12.3 Å². The third-order valence-electron chi connectivity index (χ3n) is 6.34. The average Bonchev–Trinajstić information content (AvgIpc) is 2.99. The average molecular weight is 442 g/mol. The van der Waals surface area contributed by atoms with Crippen molar-refractivity contribution >= 4 is 34.8 Å². The molecule has 0 spiro atoms. The van der Waals surface area contributed by atoms with Gasteiger partial charge in [0.25, 0.3) is 0 Å². The van der Waals surface area contributed by atoms with Crippen LogP contribution in [-0.4, -0.2) is 0 Å². The van der Waals surface area contributed by atoms with Gasteiger partial charge in [-0.1, -0.05) is 80.7 Å². The maximum atomic E-state index is 14.1. The van der Waals surface area contributed by atoms with E-state index in [0.29, 0.717) is 17.6 Å². The normalized spacial score (nSPS) is 13.7. The van der Waals surface area contributed by atoms with E-state index in [-0.39, 0.29) is 0 Å². The molecule has 5 aromatic carbocycles. The summed E-state index contributed by atoms with van der Waals surface area (Å²) < 4.78 is 41.8. The first-order chi connectivity index (χ1) is 15.6. The fraction of sp³-hybridized carbons (Fsp3) is 0.0714. The van der Waals surface area contributed by atoms with E-state index in [2.05, 4.69) is 48.5 Å². The number of hydrogen-bond donors (Lipinski definition) is 0. The van der Waals surface area contributed by atoms with Crippen LogP contribution in [0.15, 0.2) is 84.9 Å². The van der Waals surface area contributed by atoms with Crippen LogP contribution in [0.2, 0.25) is 0 Å². The SMILES string of the molecule is Fc1cc(P2Cc3ccc4ccccc4c3-c3c(ccc4ccccc34)C2)cc(F)c1F. The predicted molar refractivity (Wildman–Crippen MR) is 127 cm³/mol. The Bertz CT molecular complexity index is 1410. The van der Waals surface area contributed by atoms with Crippen molar-refractivity contribution in [2.75, 3.05) is 0 Å². The molecule has 0 radical (unpaired) electrons. The van der Waals surface area contributed by atoms with Gasteiger partial charge in [0, 0.05) is 0 Å². The minimum atomic E-state index is -1.41. The van der Waals surface area contributed by atoms with Gasteiger partial charge in [-0.15, -0.1) is 0 Å². The Morgan fingerprint density at radius 2 is 1.03 bits per heavy atom. The van der Waals surface area contributed by atoms with Crippen LogP contribution in [0.1, 0.15) is 11.1 Å². The lowest BCUT2D eigenvalue weighted by Crippen LogP contribution is -2.08. The molecule has 156 valence electrons. The minimum Gasteiger partial charge on any atom is -0.204 e. The molecule has 5 aromatic rings. The fourth-order valence-electron chi connectivity index (χ4n) is 4.86. The van der Waals surface area contributed by atoms with Crippen molar-refractivity contribution in [1.82, 2.24) is 0 Å². The molecule has 1 aliphatic heterocycles. The Morgan fingerprint density at radius 1 is 0.562 bits per heavy atom. The highest BCUT2D eigenvalue weighted by Crippen LogP contribution is 2.52. The standard InChI is InChI=1S/C28H18F3P/c29-24-13-21(14-25(30)28(24)31)32-15-19-11-9-17-5-1-3-7-22(17)26(19)27-20(16-32)12-10-18-6-2-4-8-23(18)27/h1-14H,15-16H2. The lowest BCUT2D eigenvalue weighted by atomic mass is 9.88. The van der Waals surface area contributed by atoms with Gasteiger partial charge in [0.1, 0.15) is 0 Å². The Kier molecular flexibility index (Phi) is 4.55. The van der Waals surface area contributed by atoms with Crippen molar-refractivity contribution in [3.05, 3.63) is 114 Å². The van der Waals surface area contributed by atoms with E-state index in [0.717, 1.165) is 21.9 Å². The van der Waals surface area contributed by atoms with E-state index >= 15 is 0 Å². The molecular formula is C28H18F3P. The van der Waals surface area contributed by atoms with Crippen LogP contribution in [0.25, 0.3) is 32.7 Å². The number of benzene rings is 5. The number of hydrogen-bond acceptors (Lipinski definition) is 0. The van der Waals surface area contributed by atoms with Gasteiger partial charge in [0.05, 0.1) is 0 Å². The third kappa shape index (κ3) is 3.04. The Hall–Kier alpha value is -3.16. The summed E-state index contributed by atoms with van der Waals surface area (Å²) in [5.41, 5.74) is 4.72. The smallest absolute Gasteiger partial charge is 0.194 e. The summed E-state index contributed by atoms with van der Waals surface area (Å²) in [6, 6.07) is 27.5. The lowest BCUT2D eigenvalue weighted by molar-refractivity contribution is 0.448. The molecule has 1 aliphatic rings. The van der Waals surface area contributed by atoms with E-state index in [1.807, 2.05) is 24.3 Å². The van der Waals surface area contributed by atoms with Crippen LogP contribution >= 0.6 is 7.92 Å². The second-order valence-electron chi connectivity index (χ2n) is 8.22. The van der Waals surface area contributed by atoms with E-state index in [1.54, 1.807) is 0 Å². The minimum absolute atomic E-state index is 0.552. The predicted octanol–water partition coefficient (Wildman–Crippen LogP) is 7.90. The van der Waals surface area contributed by atoms with Crippen molar-refractivity contribution < 1.29 is 13.2 Å². The summed E-state index contributed by atoms with van der Waals surface area (Å²) >= 11 is 0. The van der Waals surface area contributed by atoms with E-state index < -0.39 is 25.4 Å². The zero-order chi connectivity index (χ0) is 21.8. The van der Waals surface area contributed by atoms with Crippen molar-refractivity contribution in [3.8, 4) is 11.1 Å². The summed E-state index contributed by atoms with van der Waals surface area (Å²) in [7, 11) is -0.969. The first-order valence-electron chi connectivity index (χ1n) is 10.5. The summed E-state index contributed by atoms with van der Waals surface area (Å²) in [5.74, 6) is -3.65. The maximum absolute atomic E-state index is 14.1. The van der Waals surface area contributed by atoms with Crippen LogP contribution in [0.5, 0.6) is 0 Å². The molecule has 0 aliphatic carbocycles. The highest BCUT2D eigenvalue weighted by Gasteiger charge is 2.26. The summed E-state index contributed by atoms with van der Waals surface area (Å²) in [5, 5.41) is 5.23. The van der Waals surface area contributed by atoms with Gasteiger partial charge >= 0.3 is 0 Å². The zero-order valence-electron chi connectivity index (χ0n) is 17.1. The molecule has 0 fully saturated rings. The molecule has 6 rings (SSSR count). The molecule has 0 unspecified atom stereocenters. The topological polar surface area (TPSA) is 0 Å². The highest BCUT2D eigenvalue weighted by molar-refractivity contribution is 7.64. The van der Waals surface area contributed by atoms with Crippen LogP contribution < -0.4 is 5.30 Å². The number of fused-ring (bicyclic) bond motifs is 7. The van der Waals surface area contributed by atoms with Crippen LogP contribution in [0, 0.1) is 17.5 Å². The van der Waals surface area contributed by atoms with Crippen molar-refractivity contribution in [1.29, 1.82) is 0 Å². The van der Waals surface area contributed by atoms with Gasteiger partial charge in [-0.25, -0.2) is 13.2 Å². The summed E-state index contributed by atoms with van der Waals surface area (Å²) in [4.78, 5) is 0. The van der Waals surface area contributed by atoms with Gasteiger partial charge < -0.3 is 0 Å². The molecule has 32 heavy (non-hydrogen) atoms. The fourth-order valence-corrected chi connectivity index (χ4v) is 7.28. The van der Waals surface area contributed by atoms with Gasteiger partial charge in [-0.2, -0.15) is 0 Å². The molecule has 0 N–H and O–H groups in total. The molecule has 0 amide bonds. The van der Waals surface area contributed by atoms with E-state index in [4.69, 9.17) is 0 Å². The second-order valence-corrected chi connectivity index (χ2v) is 10.4. The third-order valence-corrected chi connectivity index (χ3v) is 8.77. The molecular weight excluding hydrogens is 424 g/mol. The Balaban J connectivity index is 1.67. The zero-order valence-corrected chi connectivity index (χ0v) is 18.0. The molecule has 0 saturated carbocycles. The largest absolute Gasteiger partial charge is 0.204 e. The molecule has 0 saturated heterocycles. The van der Waals surface area contributed by atoms with Gasteiger partial charge in [0.15, 0.2) is 17.5 Å². The van der Waals surface area contributed by atoms with Crippen LogP contribution in [0.3, 0.4) is 0 Å². The molecule has 0 bridgehead atoms. The van der Waals surface area contributed by atoms with Crippen molar-refractivity contribution in [3.63, 3.8) is 0 Å². The molecule has 1 heterocycles. The highest BCUT2D eigenvalue weighted by atomic mass is 31.1. The van der Waals surface area contributed by atoms with Gasteiger partial charge in [-0.3, -0.25) is 0 Å². The lowest BCUT2D eigenvalue weighted by Gasteiger charge is -2.17. The van der Waals surface area contributed by atoms with E-state index in [9.17, 15) is 13.2 Å². The first kappa shape index (κ1) is 19.5. The molecule has 0 aromatic heterocycles. The quantitative estimate of drug-likeness (QED) is 0.183. The number of rotatable bonds is 1. The Morgan fingerprint density at radius 3 is 1.53 bits per heavy atom. The first-order valence-corrected chi connectivity index (χ1v) is 12.2. The monoisotopic (exact) mass is 442 g/mol. The van der Waals surface area contributed by atoms with Crippen LogP contribution in [0.4, 0.5) is 13.2 Å². The number of halogens is 3. The maximum Gasteiger partial charge on any atom is 0.194 e. The molecule has 0 atom stereocenters. The van der Waals surface area contributed by atoms with Gasteiger partial charge in [-0.05, 0) is 73.6 Å². The summed E-state index contributed by atoms with van der Waals surface area (Å²) in [6.07, 6.45) is 1.37. The molecule has 4 heteroatoms. The van der Waals surface area contributed by atoms with Crippen molar-refractivity contribution in [2.24, 2.45) is 0 Å². The second kappa shape index (κ2) is 7.46. The van der Waals surface area contributed by atoms with Crippen molar-refractivity contribution in [2.45, 2.75) is 12.3 Å². The summed E-state index contributed by atoms with van der Waals surface area (Å²) in [6.45, 7) is 0. The molecule has 0 nitrogen and oxygen atoms in total.